The Hall–Kier alpha value is -4.20. The van der Waals surface area contributed by atoms with Crippen molar-refractivity contribution in [2.45, 2.75) is 0 Å². The fourth-order valence-corrected chi connectivity index (χ4v) is 5.09. The molecule has 2 aliphatic heterocycles. The SMILES string of the molecule is CN1CCN(C(=O)c2ccc(NC(=S)n3ccc4c(-c5cnc(N)nc5)nc(N5CCOCC5)nc43)cc2)CC1. The third-order valence-electron chi connectivity index (χ3n) is 7.16. The zero-order valence-corrected chi connectivity index (χ0v) is 23.0. The molecule has 12 nitrogen and oxygen atoms in total. The second kappa shape index (κ2) is 11.1. The molecule has 2 saturated heterocycles. The number of ether oxygens (including phenoxy) is 1. The van der Waals surface area contributed by atoms with Crippen molar-refractivity contribution < 1.29 is 9.53 Å². The molecule has 0 bridgehead atoms. The quantitative estimate of drug-likeness (QED) is 0.356. The summed E-state index contributed by atoms with van der Waals surface area (Å²) in [5, 5.41) is 4.53. The van der Waals surface area contributed by atoms with Crippen LogP contribution in [-0.2, 0) is 4.74 Å². The van der Waals surface area contributed by atoms with Crippen LogP contribution in [-0.4, -0.2) is 105 Å². The number of fused-ring (bicyclic) bond motifs is 1. The lowest BCUT2D eigenvalue weighted by Crippen LogP contribution is -2.47. The second-order valence-electron chi connectivity index (χ2n) is 9.83. The molecule has 3 aromatic heterocycles. The van der Waals surface area contributed by atoms with Crippen molar-refractivity contribution in [3.63, 3.8) is 0 Å². The fourth-order valence-electron chi connectivity index (χ4n) is 4.82. The number of morpholine rings is 1. The van der Waals surface area contributed by atoms with E-state index in [9.17, 15) is 4.79 Å². The molecule has 206 valence electrons. The van der Waals surface area contributed by atoms with E-state index in [1.807, 2.05) is 46.0 Å². The minimum atomic E-state index is 0.0464. The van der Waals surface area contributed by atoms with Crippen LogP contribution in [0.25, 0.3) is 22.3 Å². The van der Waals surface area contributed by atoms with Crippen LogP contribution in [0.2, 0.25) is 0 Å². The van der Waals surface area contributed by atoms with E-state index in [-0.39, 0.29) is 11.9 Å². The number of aromatic nitrogens is 5. The number of nitrogen functional groups attached to an aromatic ring is 1. The highest BCUT2D eigenvalue weighted by molar-refractivity contribution is 7.80. The molecule has 2 fully saturated rings. The molecular formula is C27H30N10O2S. The number of nitrogens with zero attached hydrogens (tertiary/aromatic N) is 8. The predicted octanol–water partition coefficient (Wildman–Crippen LogP) is 1.94. The second-order valence-corrected chi connectivity index (χ2v) is 10.2. The number of likely N-dealkylation sites (N-methyl/N-ethyl adjacent to an activating group) is 1. The van der Waals surface area contributed by atoms with E-state index in [1.54, 1.807) is 12.4 Å². The van der Waals surface area contributed by atoms with Gasteiger partial charge in [0.2, 0.25) is 11.9 Å². The maximum Gasteiger partial charge on any atom is 0.253 e. The number of anilines is 3. The van der Waals surface area contributed by atoms with Gasteiger partial charge in [-0.05, 0) is 49.6 Å². The summed E-state index contributed by atoms with van der Waals surface area (Å²) < 4.78 is 7.34. The number of nitrogens with two attached hydrogens (primary N) is 1. The van der Waals surface area contributed by atoms with E-state index in [0.717, 1.165) is 42.8 Å². The fraction of sp³-hybridized carbons (Fsp3) is 0.333. The Morgan fingerprint density at radius 1 is 0.975 bits per heavy atom. The van der Waals surface area contributed by atoms with Gasteiger partial charge in [-0.3, -0.25) is 9.36 Å². The molecule has 0 aliphatic carbocycles. The number of nitrogens with one attached hydrogen (secondary N) is 1. The lowest BCUT2D eigenvalue weighted by Gasteiger charge is -2.32. The van der Waals surface area contributed by atoms with Crippen LogP contribution in [0, 0.1) is 0 Å². The number of carbonyl (C=O) groups is 1. The summed E-state index contributed by atoms with van der Waals surface area (Å²) in [4.78, 5) is 37.2. The molecular weight excluding hydrogens is 528 g/mol. The molecule has 1 aromatic carbocycles. The lowest BCUT2D eigenvalue weighted by atomic mass is 10.1. The summed E-state index contributed by atoms with van der Waals surface area (Å²) in [6.07, 6.45) is 5.18. The molecule has 2 aliphatic rings. The number of carbonyl (C=O) groups excluding carboxylic acids is 1. The van der Waals surface area contributed by atoms with E-state index in [4.69, 9.17) is 32.7 Å². The number of amides is 1. The monoisotopic (exact) mass is 558 g/mol. The number of benzene rings is 1. The average Bonchev–Trinajstić information content (AvgIpc) is 3.42. The Morgan fingerprint density at radius 3 is 2.38 bits per heavy atom. The normalized spacial score (nSPS) is 16.3. The van der Waals surface area contributed by atoms with Gasteiger partial charge in [0, 0.05) is 80.1 Å². The van der Waals surface area contributed by atoms with E-state index >= 15 is 0 Å². The van der Waals surface area contributed by atoms with Gasteiger partial charge in [0.05, 0.1) is 18.9 Å². The predicted molar refractivity (Wildman–Crippen MR) is 157 cm³/mol. The van der Waals surface area contributed by atoms with Gasteiger partial charge in [0.1, 0.15) is 0 Å². The van der Waals surface area contributed by atoms with Crippen LogP contribution in [0.15, 0.2) is 48.9 Å². The van der Waals surface area contributed by atoms with Crippen molar-refractivity contribution in [2.75, 3.05) is 75.5 Å². The van der Waals surface area contributed by atoms with Gasteiger partial charge in [-0.25, -0.2) is 15.0 Å². The first-order valence-electron chi connectivity index (χ1n) is 13.2. The molecule has 0 spiro atoms. The van der Waals surface area contributed by atoms with Gasteiger partial charge >= 0.3 is 0 Å². The van der Waals surface area contributed by atoms with Crippen molar-refractivity contribution in [3.8, 4) is 11.3 Å². The Labute approximate surface area is 236 Å². The van der Waals surface area contributed by atoms with E-state index < -0.39 is 0 Å². The van der Waals surface area contributed by atoms with Crippen molar-refractivity contribution in [1.29, 1.82) is 0 Å². The molecule has 1 amide bonds. The summed E-state index contributed by atoms with van der Waals surface area (Å²) >= 11 is 5.80. The first-order valence-corrected chi connectivity index (χ1v) is 13.6. The topological polar surface area (TPSA) is 131 Å². The van der Waals surface area contributed by atoms with Gasteiger partial charge in [-0.1, -0.05) is 0 Å². The number of piperazine rings is 1. The number of hydrogen-bond donors (Lipinski definition) is 2. The highest BCUT2D eigenvalue weighted by atomic mass is 32.1. The first kappa shape index (κ1) is 26.0. The molecule has 0 radical (unpaired) electrons. The number of thiocarbonyl (C=S) groups is 1. The standard InChI is InChI=1S/C27H30N10O2S/c1-34-8-10-35(11-9-34)24(38)18-2-4-20(5-3-18)31-27(40)37-7-6-21-22(19-16-29-25(28)30-17-19)32-26(33-23(21)37)36-12-14-39-15-13-36/h2-7,16-17H,8-15H2,1H3,(H,31,40)(H2,28,29,30). The first-order chi connectivity index (χ1) is 19.5. The van der Waals surface area contributed by atoms with E-state index in [0.29, 0.717) is 54.3 Å². The maximum absolute atomic E-state index is 12.9. The molecule has 13 heteroatoms. The van der Waals surface area contributed by atoms with Crippen molar-refractivity contribution in [3.05, 3.63) is 54.5 Å². The van der Waals surface area contributed by atoms with Crippen LogP contribution < -0.4 is 16.0 Å². The van der Waals surface area contributed by atoms with Crippen LogP contribution in [0.3, 0.4) is 0 Å². The molecule has 3 N–H and O–H groups in total. The van der Waals surface area contributed by atoms with Crippen LogP contribution in [0.4, 0.5) is 17.6 Å². The lowest BCUT2D eigenvalue weighted by molar-refractivity contribution is 0.0664. The number of rotatable bonds is 4. The van der Waals surface area contributed by atoms with Crippen molar-refractivity contribution >= 4 is 51.9 Å². The zero-order chi connectivity index (χ0) is 27.6. The third kappa shape index (κ3) is 5.30. The summed E-state index contributed by atoms with van der Waals surface area (Å²) in [5.74, 6) is 0.823. The zero-order valence-electron chi connectivity index (χ0n) is 22.2. The van der Waals surface area contributed by atoms with Crippen molar-refractivity contribution in [1.82, 2.24) is 34.3 Å². The Kier molecular flexibility index (Phi) is 7.24. The molecule has 0 unspecified atom stereocenters. The number of hydrogen-bond acceptors (Lipinski definition) is 10. The molecule has 6 rings (SSSR count). The molecule has 0 saturated carbocycles. The van der Waals surface area contributed by atoms with E-state index in [1.165, 1.54) is 0 Å². The summed E-state index contributed by atoms with van der Waals surface area (Å²) in [5.41, 5.74) is 9.23. The maximum atomic E-state index is 12.9. The minimum absolute atomic E-state index is 0.0464. The van der Waals surface area contributed by atoms with Gasteiger partial charge in [0.25, 0.3) is 5.91 Å². The highest BCUT2D eigenvalue weighted by Gasteiger charge is 2.22. The average molecular weight is 559 g/mol. The third-order valence-corrected chi connectivity index (χ3v) is 7.46. The molecule has 40 heavy (non-hydrogen) atoms. The Morgan fingerprint density at radius 2 is 1.68 bits per heavy atom. The largest absolute Gasteiger partial charge is 0.378 e. The van der Waals surface area contributed by atoms with Crippen molar-refractivity contribution in [2.24, 2.45) is 0 Å². The molecule has 5 heterocycles. The van der Waals surface area contributed by atoms with Crippen LogP contribution in [0.5, 0.6) is 0 Å². The van der Waals surface area contributed by atoms with Gasteiger partial charge in [-0.15, -0.1) is 0 Å². The molecule has 0 atom stereocenters. The van der Waals surface area contributed by atoms with E-state index in [2.05, 4.69) is 32.1 Å². The van der Waals surface area contributed by atoms with Gasteiger partial charge in [-0.2, -0.15) is 4.98 Å². The summed E-state index contributed by atoms with van der Waals surface area (Å²) in [6, 6.07) is 9.32. The summed E-state index contributed by atoms with van der Waals surface area (Å²) in [7, 11) is 2.07. The molecule has 4 aromatic rings. The van der Waals surface area contributed by atoms with Gasteiger partial charge in [0.15, 0.2) is 10.8 Å². The minimum Gasteiger partial charge on any atom is -0.378 e. The Bertz CT molecular complexity index is 1530. The van der Waals surface area contributed by atoms with Crippen LogP contribution >= 0.6 is 12.2 Å². The summed E-state index contributed by atoms with van der Waals surface area (Å²) in [6.45, 7) is 5.82. The smallest absolute Gasteiger partial charge is 0.253 e. The Balaban J connectivity index is 1.27. The van der Waals surface area contributed by atoms with Gasteiger partial charge < -0.3 is 30.5 Å². The highest BCUT2D eigenvalue weighted by Crippen LogP contribution is 2.29. The van der Waals surface area contributed by atoms with Crippen LogP contribution in [0.1, 0.15) is 10.4 Å².